The van der Waals surface area contributed by atoms with E-state index in [4.69, 9.17) is 14.2 Å². The van der Waals surface area contributed by atoms with Crippen molar-refractivity contribution in [3.8, 4) is 17.2 Å². The molecule has 1 aromatic heterocycles. The highest BCUT2D eigenvalue weighted by Crippen LogP contribution is 2.33. The summed E-state index contributed by atoms with van der Waals surface area (Å²) in [6, 6.07) is 18.5. The number of anilines is 1. The zero-order chi connectivity index (χ0) is 30.9. The van der Waals surface area contributed by atoms with Gasteiger partial charge in [0.2, 0.25) is 5.91 Å². The lowest BCUT2D eigenvalue weighted by molar-refractivity contribution is -0.137. The summed E-state index contributed by atoms with van der Waals surface area (Å²) in [4.78, 5) is 38.4. The van der Waals surface area contributed by atoms with E-state index in [1.54, 1.807) is 61.7 Å². The van der Waals surface area contributed by atoms with Gasteiger partial charge in [0.15, 0.2) is 5.16 Å². The van der Waals surface area contributed by atoms with Gasteiger partial charge >= 0.3 is 0 Å². The second-order valence-electron chi connectivity index (χ2n) is 9.60. The van der Waals surface area contributed by atoms with Crippen molar-refractivity contribution in [3.05, 3.63) is 101 Å². The summed E-state index contributed by atoms with van der Waals surface area (Å²) in [6.07, 6.45) is 0. The van der Waals surface area contributed by atoms with Crippen LogP contribution in [0.1, 0.15) is 28.6 Å². The first-order valence-corrected chi connectivity index (χ1v) is 14.3. The number of amides is 2. The molecule has 0 saturated heterocycles. The maximum atomic E-state index is 14.1. The molecular weight excluding hydrogens is 571 g/mol. The Kier molecular flexibility index (Phi) is 10.6. The molecule has 0 aliphatic heterocycles. The molecule has 0 aliphatic carbocycles. The third-order valence-corrected chi connectivity index (χ3v) is 7.36. The summed E-state index contributed by atoms with van der Waals surface area (Å²) in [5.41, 5.74) is 3.17. The van der Waals surface area contributed by atoms with Crippen LogP contribution in [0.3, 0.4) is 0 Å². The number of hydrogen-bond acceptors (Lipinski definition) is 8. The fraction of sp³-hybridized carbons (Fsp3) is 0.250. The molecule has 224 valence electrons. The summed E-state index contributed by atoms with van der Waals surface area (Å²) < 4.78 is 29.8. The Balaban J connectivity index is 1.74. The van der Waals surface area contributed by atoms with E-state index in [0.717, 1.165) is 11.4 Å². The number of carbonyl (C=O) groups excluding carboxylic acids is 2. The van der Waals surface area contributed by atoms with Crippen molar-refractivity contribution >= 4 is 29.3 Å². The maximum absolute atomic E-state index is 14.1. The van der Waals surface area contributed by atoms with Crippen LogP contribution < -0.4 is 19.5 Å². The third-order valence-electron chi connectivity index (χ3n) is 6.53. The Morgan fingerprint density at radius 3 is 2.09 bits per heavy atom. The van der Waals surface area contributed by atoms with Crippen molar-refractivity contribution < 1.29 is 28.2 Å². The molecule has 1 heterocycles. The van der Waals surface area contributed by atoms with E-state index in [1.165, 1.54) is 43.0 Å². The molecule has 2 amide bonds. The summed E-state index contributed by atoms with van der Waals surface area (Å²) in [5, 5.41) is 3.38. The van der Waals surface area contributed by atoms with E-state index < -0.39 is 17.8 Å². The number of nitrogens with zero attached hydrogens (tertiary/aromatic N) is 3. The molecule has 0 spiro atoms. The van der Waals surface area contributed by atoms with Crippen molar-refractivity contribution in [2.45, 2.75) is 31.6 Å². The minimum Gasteiger partial charge on any atom is -0.497 e. The Bertz CT molecular complexity index is 1550. The van der Waals surface area contributed by atoms with Gasteiger partial charge in [-0.05, 0) is 67.4 Å². The molecule has 11 heteroatoms. The summed E-state index contributed by atoms with van der Waals surface area (Å²) in [5.74, 6) is 0.293. The number of thioether (sulfide) groups is 1. The fourth-order valence-corrected chi connectivity index (χ4v) is 5.27. The number of benzene rings is 3. The highest BCUT2D eigenvalue weighted by Gasteiger charge is 2.32. The van der Waals surface area contributed by atoms with Crippen molar-refractivity contribution in [3.63, 3.8) is 0 Å². The van der Waals surface area contributed by atoms with E-state index in [9.17, 15) is 14.0 Å². The average molecular weight is 605 g/mol. The number of aryl methyl sites for hydroxylation is 2. The largest absolute Gasteiger partial charge is 0.497 e. The summed E-state index contributed by atoms with van der Waals surface area (Å²) in [7, 11) is 4.57. The Labute approximate surface area is 254 Å². The average Bonchev–Trinajstić information content (AvgIpc) is 3.00. The van der Waals surface area contributed by atoms with Gasteiger partial charge in [-0.2, -0.15) is 0 Å². The Morgan fingerprint density at radius 2 is 1.49 bits per heavy atom. The molecule has 1 atom stereocenters. The smallest absolute Gasteiger partial charge is 0.251 e. The van der Waals surface area contributed by atoms with Gasteiger partial charge in [0, 0.05) is 24.0 Å². The number of nitrogens with one attached hydrogen (secondary N) is 1. The van der Waals surface area contributed by atoms with Gasteiger partial charge < -0.3 is 24.4 Å². The lowest BCUT2D eigenvalue weighted by Gasteiger charge is -2.32. The topological polar surface area (TPSA) is 103 Å². The molecule has 43 heavy (non-hydrogen) atoms. The van der Waals surface area contributed by atoms with Crippen LogP contribution in [0.5, 0.6) is 17.2 Å². The highest BCUT2D eigenvalue weighted by molar-refractivity contribution is 7.99. The molecule has 0 radical (unpaired) electrons. The van der Waals surface area contributed by atoms with Crippen LogP contribution >= 0.6 is 11.8 Å². The molecule has 0 unspecified atom stereocenters. The standard InChI is InChI=1S/C32H33FN4O5S/c1-20-16-21(2)35-32(34-20)43-19-29(38)37(18-22-6-10-24(33)11-7-22)30(23-8-12-25(40-3)13-9-23)31(39)36-27-15-14-26(41-4)17-28(27)42-5/h6-17,30H,18-19H2,1-5H3,(H,36,39)/t30-/m0/s1. The van der Waals surface area contributed by atoms with Gasteiger partial charge in [-0.3, -0.25) is 9.59 Å². The third kappa shape index (κ3) is 8.23. The van der Waals surface area contributed by atoms with Crippen LogP contribution in [0, 0.1) is 19.7 Å². The SMILES string of the molecule is COc1ccc([C@@H](C(=O)Nc2ccc(OC)cc2OC)N(Cc2ccc(F)cc2)C(=O)CSc2nc(C)cc(C)n2)cc1. The number of halogens is 1. The molecule has 4 aromatic rings. The molecule has 0 bridgehead atoms. The number of hydrogen-bond donors (Lipinski definition) is 1. The van der Waals surface area contributed by atoms with Crippen LogP contribution in [-0.4, -0.2) is 53.8 Å². The van der Waals surface area contributed by atoms with Crippen LogP contribution in [0.15, 0.2) is 78.0 Å². The summed E-state index contributed by atoms with van der Waals surface area (Å²) >= 11 is 1.18. The van der Waals surface area contributed by atoms with Crippen LogP contribution in [0.2, 0.25) is 0 Å². The fourth-order valence-electron chi connectivity index (χ4n) is 4.44. The predicted octanol–water partition coefficient (Wildman–Crippen LogP) is 5.76. The second-order valence-corrected chi connectivity index (χ2v) is 10.5. The Hall–Kier alpha value is -4.64. The number of ether oxygens (including phenoxy) is 3. The van der Waals surface area contributed by atoms with Crippen LogP contribution in [0.4, 0.5) is 10.1 Å². The highest BCUT2D eigenvalue weighted by atomic mass is 32.2. The minimum absolute atomic E-state index is 0.0319. The molecular formula is C32H33FN4O5S. The van der Waals surface area contributed by atoms with Gasteiger partial charge in [-0.1, -0.05) is 36.0 Å². The first kappa shape index (κ1) is 31.3. The van der Waals surface area contributed by atoms with Crippen molar-refractivity contribution in [1.29, 1.82) is 0 Å². The molecule has 1 N–H and O–H groups in total. The molecule has 0 saturated carbocycles. The number of aromatic nitrogens is 2. The Morgan fingerprint density at radius 1 is 0.860 bits per heavy atom. The van der Waals surface area contributed by atoms with Crippen molar-refractivity contribution in [2.24, 2.45) is 0 Å². The van der Waals surface area contributed by atoms with E-state index in [2.05, 4.69) is 15.3 Å². The number of carbonyl (C=O) groups is 2. The minimum atomic E-state index is -1.07. The molecule has 0 aliphatic rings. The first-order valence-electron chi connectivity index (χ1n) is 13.4. The number of methoxy groups -OCH3 is 3. The van der Waals surface area contributed by atoms with Gasteiger partial charge in [-0.25, -0.2) is 14.4 Å². The van der Waals surface area contributed by atoms with Crippen LogP contribution in [-0.2, 0) is 16.1 Å². The van der Waals surface area contributed by atoms with Crippen molar-refractivity contribution in [1.82, 2.24) is 14.9 Å². The normalized spacial score (nSPS) is 11.4. The molecule has 4 rings (SSSR count). The summed E-state index contributed by atoms with van der Waals surface area (Å²) in [6.45, 7) is 3.76. The van der Waals surface area contributed by atoms with E-state index in [1.807, 2.05) is 19.9 Å². The second kappa shape index (κ2) is 14.5. The lowest BCUT2D eigenvalue weighted by Crippen LogP contribution is -2.41. The van der Waals surface area contributed by atoms with E-state index in [-0.39, 0.29) is 18.2 Å². The maximum Gasteiger partial charge on any atom is 0.251 e. The number of rotatable bonds is 12. The molecule has 0 fully saturated rings. The van der Waals surface area contributed by atoms with E-state index in [0.29, 0.717) is 39.2 Å². The molecule has 9 nitrogen and oxygen atoms in total. The van der Waals surface area contributed by atoms with Gasteiger partial charge in [0.05, 0.1) is 32.8 Å². The molecule has 3 aromatic carbocycles. The monoisotopic (exact) mass is 604 g/mol. The van der Waals surface area contributed by atoms with Gasteiger partial charge in [0.1, 0.15) is 29.1 Å². The lowest BCUT2D eigenvalue weighted by atomic mass is 10.0. The first-order chi connectivity index (χ1) is 20.7. The zero-order valence-electron chi connectivity index (χ0n) is 24.6. The van der Waals surface area contributed by atoms with Crippen molar-refractivity contribution in [2.75, 3.05) is 32.4 Å². The van der Waals surface area contributed by atoms with Gasteiger partial charge in [0.25, 0.3) is 5.91 Å². The quantitative estimate of drug-likeness (QED) is 0.161. The van der Waals surface area contributed by atoms with Crippen LogP contribution in [0.25, 0.3) is 0 Å². The van der Waals surface area contributed by atoms with Gasteiger partial charge in [-0.15, -0.1) is 0 Å². The predicted molar refractivity (Wildman–Crippen MR) is 163 cm³/mol. The zero-order valence-corrected chi connectivity index (χ0v) is 25.4. The van der Waals surface area contributed by atoms with E-state index >= 15 is 0 Å².